The van der Waals surface area contributed by atoms with E-state index in [9.17, 15) is 0 Å². The largest absolute Gasteiger partial charge is 0.372 e. The van der Waals surface area contributed by atoms with Gasteiger partial charge in [0.05, 0.1) is 0 Å². The summed E-state index contributed by atoms with van der Waals surface area (Å²) in [6, 6.07) is 0. The summed E-state index contributed by atoms with van der Waals surface area (Å²) in [6.07, 6.45) is 13.3. The Hall–Kier alpha value is -1.05. The van der Waals surface area contributed by atoms with Crippen LogP contribution in [0, 0.1) is 5.92 Å². The summed E-state index contributed by atoms with van der Waals surface area (Å²) in [5, 5.41) is 0. The van der Waals surface area contributed by atoms with Crippen molar-refractivity contribution in [1.82, 2.24) is 4.90 Å². The molecule has 2 rings (SSSR count). The van der Waals surface area contributed by atoms with Crippen molar-refractivity contribution in [1.29, 1.82) is 0 Å². The molecule has 15 heavy (non-hydrogen) atoms. The summed E-state index contributed by atoms with van der Waals surface area (Å²) in [7, 11) is 0. The highest BCUT2D eigenvalue weighted by molar-refractivity contribution is 5.61. The molecule has 2 aliphatic heterocycles. The summed E-state index contributed by atoms with van der Waals surface area (Å²) < 4.78 is 0. The molecular weight excluding hydrogens is 184 g/mol. The van der Waals surface area contributed by atoms with E-state index >= 15 is 0 Å². The summed E-state index contributed by atoms with van der Waals surface area (Å²) in [5.41, 5.74) is 1.36. The molecule has 1 fully saturated rings. The van der Waals surface area contributed by atoms with Gasteiger partial charge in [-0.15, -0.1) is 0 Å². The van der Waals surface area contributed by atoms with Gasteiger partial charge in [-0.05, 0) is 24.8 Å². The first-order valence-corrected chi connectivity index (χ1v) is 6.03. The van der Waals surface area contributed by atoms with Crippen LogP contribution in [0.4, 0.5) is 0 Å². The third-order valence-corrected chi connectivity index (χ3v) is 3.43. The highest BCUT2D eigenvalue weighted by Crippen LogP contribution is 2.23. The first kappa shape index (κ1) is 10.5. The van der Waals surface area contributed by atoms with Crippen molar-refractivity contribution in [3.8, 4) is 0 Å². The van der Waals surface area contributed by atoms with Crippen LogP contribution in [0.5, 0.6) is 0 Å². The zero-order valence-electron chi connectivity index (χ0n) is 9.52. The van der Waals surface area contributed by atoms with Gasteiger partial charge in [0.15, 0.2) is 0 Å². The number of rotatable bonds is 2. The van der Waals surface area contributed by atoms with E-state index in [1.165, 1.54) is 38.0 Å². The molecule has 2 heterocycles. The van der Waals surface area contributed by atoms with Gasteiger partial charge in [0.2, 0.25) is 0 Å². The maximum absolute atomic E-state index is 4.16. The normalized spacial score (nSPS) is 22.7. The summed E-state index contributed by atoms with van der Waals surface area (Å²) in [4.78, 5) is 6.66. The Morgan fingerprint density at radius 3 is 2.93 bits per heavy atom. The lowest BCUT2D eigenvalue weighted by atomic mass is 9.94. The first-order chi connectivity index (χ1) is 7.40. The van der Waals surface area contributed by atoms with Crippen LogP contribution in [0.15, 0.2) is 29.0 Å². The van der Waals surface area contributed by atoms with Crippen LogP contribution >= 0.6 is 0 Å². The van der Waals surface area contributed by atoms with Crippen LogP contribution in [0.3, 0.4) is 0 Å². The van der Waals surface area contributed by atoms with Crippen molar-refractivity contribution in [3.63, 3.8) is 0 Å². The van der Waals surface area contributed by atoms with Gasteiger partial charge < -0.3 is 4.90 Å². The lowest BCUT2D eigenvalue weighted by Crippen LogP contribution is -2.32. The lowest BCUT2D eigenvalue weighted by molar-refractivity contribution is 0.228. The number of hydrogen-bond acceptors (Lipinski definition) is 2. The Labute approximate surface area is 92.4 Å². The van der Waals surface area contributed by atoms with Gasteiger partial charge in [-0.1, -0.05) is 19.4 Å². The number of hydrogen-bond donors (Lipinski definition) is 0. The van der Waals surface area contributed by atoms with Crippen LogP contribution in [-0.4, -0.2) is 24.2 Å². The van der Waals surface area contributed by atoms with Crippen LogP contribution in [-0.2, 0) is 0 Å². The Bertz CT molecular complexity index is 281. The summed E-state index contributed by atoms with van der Waals surface area (Å²) >= 11 is 0. The number of aliphatic imine (C=N–C) groups is 1. The number of piperidine rings is 1. The minimum absolute atomic E-state index is 0.952. The quantitative estimate of drug-likeness (QED) is 0.675. The minimum atomic E-state index is 0.952. The highest BCUT2D eigenvalue weighted by atomic mass is 15.1. The standard InChI is InChI=1S/C13H20N2/c1-2-12-6-10-15(11-7-12)13-4-3-8-14-9-5-13/h4-5,8-9,12H,2-3,6-7,10-11H2,1H3. The maximum atomic E-state index is 4.16. The van der Waals surface area contributed by atoms with E-state index in [1.54, 1.807) is 0 Å². The molecule has 0 unspecified atom stereocenters. The second-order valence-corrected chi connectivity index (χ2v) is 4.35. The van der Waals surface area contributed by atoms with Crippen molar-refractivity contribution in [2.24, 2.45) is 10.9 Å². The number of likely N-dealkylation sites (tertiary alicyclic amines) is 1. The fourth-order valence-electron chi connectivity index (χ4n) is 2.32. The van der Waals surface area contributed by atoms with Gasteiger partial charge in [-0.3, -0.25) is 4.99 Å². The van der Waals surface area contributed by atoms with Crippen molar-refractivity contribution in [2.75, 3.05) is 13.1 Å². The van der Waals surface area contributed by atoms with Gasteiger partial charge in [-0.25, -0.2) is 0 Å². The van der Waals surface area contributed by atoms with E-state index in [4.69, 9.17) is 0 Å². The second-order valence-electron chi connectivity index (χ2n) is 4.35. The Balaban J connectivity index is 1.92. The van der Waals surface area contributed by atoms with E-state index in [0.29, 0.717) is 0 Å². The summed E-state index contributed by atoms with van der Waals surface area (Å²) in [5.74, 6) is 0.952. The molecule has 0 aromatic heterocycles. The molecule has 0 saturated carbocycles. The average Bonchev–Trinajstić information content (AvgIpc) is 2.58. The molecule has 0 aliphatic carbocycles. The van der Waals surface area contributed by atoms with E-state index in [2.05, 4.69) is 29.0 Å². The lowest BCUT2D eigenvalue weighted by Gasteiger charge is -2.33. The molecule has 2 heteroatoms. The molecule has 0 radical (unpaired) electrons. The predicted molar refractivity (Wildman–Crippen MR) is 64.9 cm³/mol. The van der Waals surface area contributed by atoms with Crippen molar-refractivity contribution >= 4 is 6.21 Å². The molecule has 82 valence electrons. The van der Waals surface area contributed by atoms with Gasteiger partial charge in [-0.2, -0.15) is 0 Å². The van der Waals surface area contributed by atoms with Gasteiger partial charge in [0.25, 0.3) is 0 Å². The molecule has 0 bridgehead atoms. The third-order valence-electron chi connectivity index (χ3n) is 3.43. The van der Waals surface area contributed by atoms with E-state index in [0.717, 1.165) is 12.3 Å². The van der Waals surface area contributed by atoms with Crippen LogP contribution in [0.2, 0.25) is 0 Å². The van der Waals surface area contributed by atoms with E-state index in [1.807, 2.05) is 12.4 Å². The number of allylic oxidation sites excluding steroid dienone is 2. The molecule has 1 saturated heterocycles. The molecule has 0 amide bonds. The number of nitrogens with zero attached hydrogens (tertiary/aromatic N) is 2. The highest BCUT2D eigenvalue weighted by Gasteiger charge is 2.18. The fraction of sp³-hybridized carbons (Fsp3) is 0.615. The zero-order chi connectivity index (χ0) is 10.5. The van der Waals surface area contributed by atoms with Crippen LogP contribution in [0.25, 0.3) is 0 Å². The first-order valence-electron chi connectivity index (χ1n) is 6.03. The minimum Gasteiger partial charge on any atom is -0.372 e. The van der Waals surface area contributed by atoms with Gasteiger partial charge in [0.1, 0.15) is 0 Å². The predicted octanol–water partition coefficient (Wildman–Crippen LogP) is 2.98. The molecule has 2 nitrogen and oxygen atoms in total. The van der Waals surface area contributed by atoms with Crippen LogP contribution in [0.1, 0.15) is 32.6 Å². The monoisotopic (exact) mass is 204 g/mol. The molecular formula is C13H20N2. The molecule has 0 N–H and O–H groups in total. The average molecular weight is 204 g/mol. The third kappa shape index (κ3) is 2.71. The van der Waals surface area contributed by atoms with Crippen molar-refractivity contribution in [2.45, 2.75) is 32.6 Å². The van der Waals surface area contributed by atoms with Crippen LogP contribution < -0.4 is 0 Å². The Kier molecular flexibility index (Phi) is 3.59. The molecule has 0 aromatic carbocycles. The SMILES string of the molecule is CCC1CCN(C2=CCC=NC=C2)CC1. The van der Waals surface area contributed by atoms with E-state index in [-0.39, 0.29) is 0 Å². The topological polar surface area (TPSA) is 15.6 Å². The summed E-state index contributed by atoms with van der Waals surface area (Å²) in [6.45, 7) is 4.74. The smallest absolute Gasteiger partial charge is 0.0344 e. The Morgan fingerprint density at radius 1 is 1.40 bits per heavy atom. The van der Waals surface area contributed by atoms with Gasteiger partial charge in [0, 0.05) is 37.6 Å². The van der Waals surface area contributed by atoms with Gasteiger partial charge >= 0.3 is 0 Å². The zero-order valence-corrected chi connectivity index (χ0v) is 9.52. The Morgan fingerprint density at radius 2 is 2.20 bits per heavy atom. The van der Waals surface area contributed by atoms with E-state index < -0.39 is 0 Å². The second kappa shape index (κ2) is 5.15. The fourth-order valence-corrected chi connectivity index (χ4v) is 2.32. The molecule has 0 aromatic rings. The molecule has 2 aliphatic rings. The molecule has 0 atom stereocenters. The van der Waals surface area contributed by atoms with Crippen molar-refractivity contribution < 1.29 is 0 Å². The molecule has 0 spiro atoms. The maximum Gasteiger partial charge on any atom is 0.0344 e. The van der Waals surface area contributed by atoms with Crippen molar-refractivity contribution in [3.05, 3.63) is 24.0 Å².